The molecule has 0 spiro atoms. The Hall–Kier alpha value is -9.33. The Morgan fingerprint density at radius 2 is 0.606 bits per heavy atom. The van der Waals surface area contributed by atoms with Crippen LogP contribution < -0.4 is 42.4 Å². The van der Waals surface area contributed by atoms with Crippen molar-refractivity contribution >= 4 is 17.8 Å². The number of aliphatic carboxylic acids is 2. The van der Waals surface area contributed by atoms with Gasteiger partial charge in [-0.2, -0.15) is 4.73 Å². The lowest BCUT2D eigenvalue weighted by Crippen LogP contribution is -2.44. The molecule has 9 aromatic rings. The van der Waals surface area contributed by atoms with E-state index in [1.165, 1.54) is 62.0 Å². The number of nitrogens with zero attached hydrogens (tertiary/aromatic N) is 2. The molecule has 0 aliphatic rings. The van der Waals surface area contributed by atoms with E-state index in [1.807, 2.05) is 135 Å². The van der Waals surface area contributed by atoms with E-state index in [1.54, 1.807) is 30.8 Å². The smallest absolute Gasteiger partial charge is 0.325 e. The molecule has 0 saturated carbocycles. The van der Waals surface area contributed by atoms with E-state index in [0.29, 0.717) is 5.75 Å². The van der Waals surface area contributed by atoms with Crippen LogP contribution in [-0.4, -0.2) is 71.4 Å². The number of carboxylic acids is 2. The van der Waals surface area contributed by atoms with E-state index in [-0.39, 0.29) is 102 Å². The number of primary amides is 1. The fraction of sp³-hybridized carbons (Fsp3) is 0.518. The summed E-state index contributed by atoms with van der Waals surface area (Å²) in [6.07, 6.45) is 8.15. The van der Waals surface area contributed by atoms with Gasteiger partial charge in [0.1, 0.15) is 29.8 Å². The second-order valence-corrected chi connectivity index (χ2v) is 46.4. The van der Waals surface area contributed by atoms with Gasteiger partial charge < -0.3 is 51.9 Å². The Morgan fingerprint density at radius 1 is 0.346 bits per heavy atom. The first-order chi connectivity index (χ1) is 57.8. The van der Waals surface area contributed by atoms with Crippen LogP contribution in [0.15, 0.2) is 211 Å². The minimum absolute atomic E-state index is 0.00762. The first-order valence-corrected chi connectivity index (χ1v) is 45.1. The second kappa shape index (κ2) is 45.3. The number of aromatic nitrogens is 2. The third-order valence-corrected chi connectivity index (χ3v) is 20.8. The van der Waals surface area contributed by atoms with Crippen molar-refractivity contribution in [2.24, 2.45) is 5.73 Å². The molecular weight excluding hydrogens is 1580 g/mol. The molecular formula is C110H165N9O8. The number of rotatable bonds is 21. The predicted octanol–water partition coefficient (Wildman–Crippen LogP) is 24.4. The molecule has 0 fully saturated rings. The maximum Gasteiger partial charge on any atom is 0.325 e. The maximum absolute atomic E-state index is 11.6. The highest BCUT2D eigenvalue weighted by atomic mass is 16.5. The van der Waals surface area contributed by atoms with Crippen molar-refractivity contribution in [3.8, 4) is 5.75 Å². The fourth-order valence-electron chi connectivity index (χ4n) is 14.0. The molecule has 0 saturated heterocycles. The predicted molar refractivity (Wildman–Crippen MR) is 530 cm³/mol. The summed E-state index contributed by atoms with van der Waals surface area (Å²) in [4.78, 5) is 38.4. The van der Waals surface area contributed by atoms with Crippen LogP contribution >= 0.6 is 0 Å². The lowest BCUT2D eigenvalue weighted by Gasteiger charge is -2.30. The number of pyridine rings is 1. The van der Waals surface area contributed by atoms with Gasteiger partial charge in [-0.25, -0.2) is 4.98 Å². The lowest BCUT2D eigenvalue weighted by atomic mass is 9.85. The first kappa shape index (κ1) is 110. The fourth-order valence-corrected chi connectivity index (χ4v) is 14.0. The summed E-state index contributed by atoms with van der Waals surface area (Å²) in [6.45, 7) is 77.2. The minimum Gasteiger partial charge on any atom is -0.619 e. The van der Waals surface area contributed by atoms with Gasteiger partial charge in [-0.05, 0) is 260 Å². The Kier molecular flexibility index (Phi) is 39.2. The molecule has 17 nitrogen and oxygen atoms in total. The van der Waals surface area contributed by atoms with E-state index in [9.17, 15) is 29.8 Å². The van der Waals surface area contributed by atoms with Crippen molar-refractivity contribution in [3.63, 3.8) is 0 Å². The zero-order valence-electron chi connectivity index (χ0n) is 84.6. The van der Waals surface area contributed by atoms with Crippen molar-refractivity contribution in [1.29, 1.82) is 0 Å². The van der Waals surface area contributed by atoms with Gasteiger partial charge in [-0.15, -0.1) is 0 Å². The number of carboxylic acid groups (broad SMARTS) is 2. The highest BCUT2D eigenvalue weighted by Gasteiger charge is 2.31. The average Bonchev–Trinajstić information content (AvgIpc) is 1.78. The van der Waals surface area contributed by atoms with Gasteiger partial charge in [0.2, 0.25) is 5.91 Å². The number of benzene rings is 7. The molecule has 127 heavy (non-hydrogen) atoms. The molecule has 11 N–H and O–H groups in total. The van der Waals surface area contributed by atoms with E-state index in [4.69, 9.17) is 15.3 Å². The van der Waals surface area contributed by atoms with Crippen molar-refractivity contribution in [1.82, 2.24) is 36.9 Å². The third kappa shape index (κ3) is 41.8. The number of carbonyl (C=O) groups excluding carboxylic acids is 1. The van der Waals surface area contributed by atoms with Crippen molar-refractivity contribution in [2.75, 3.05) is 0 Å². The van der Waals surface area contributed by atoms with Crippen LogP contribution in [0.2, 0.25) is 0 Å². The van der Waals surface area contributed by atoms with Crippen LogP contribution in [0.25, 0.3) is 0 Å². The van der Waals surface area contributed by atoms with Gasteiger partial charge in [0, 0.05) is 63.5 Å². The SMILES string of the molecule is CC(C)(C)NC(C(=O)O)c1ccc(C(C)(C)C)cc1.CC(C)(C)NC(C(N)=O)c1ccc(C(C)(C)C)cc1.CC(C)(C)NC(CC(=O)O)c1ccc(C(C)(C)C)cc1.CC(C)(C)NC(Cc1cc[n+]([O-])cc1)c1ccc(C(C)(C)C)cc1.CC(C)(C)NC(Cc1ccc(O)cc1)c1ccc(C(C)(C)C)cc1.CC(C)(C)NC(c1ccc(C(C)(C)C)cc1)c1cocn1. The first-order valence-electron chi connectivity index (χ1n) is 45.1. The average molecular weight is 1740 g/mol. The minimum atomic E-state index is -0.849. The lowest BCUT2D eigenvalue weighted by molar-refractivity contribution is -0.605. The molecule has 7 aromatic carbocycles. The van der Waals surface area contributed by atoms with Gasteiger partial charge in [-0.3, -0.25) is 25.0 Å². The van der Waals surface area contributed by atoms with Crippen LogP contribution in [0, 0.1) is 5.21 Å². The summed E-state index contributed by atoms with van der Waals surface area (Å²) in [5.41, 5.74) is 23.3. The number of carbonyl (C=O) groups is 3. The summed E-state index contributed by atoms with van der Waals surface area (Å²) >= 11 is 0. The monoisotopic (exact) mass is 1740 g/mol. The van der Waals surface area contributed by atoms with Crippen LogP contribution in [-0.2, 0) is 59.7 Å². The quantitative estimate of drug-likeness (QED) is 0.0237. The van der Waals surface area contributed by atoms with Crippen LogP contribution in [0.5, 0.6) is 5.75 Å². The van der Waals surface area contributed by atoms with E-state index in [0.717, 1.165) is 45.5 Å². The number of oxazole rings is 1. The topological polar surface area (TPSA) is 263 Å². The van der Waals surface area contributed by atoms with Gasteiger partial charge in [0.05, 0.1) is 12.5 Å². The number of phenolic OH excluding ortho intramolecular Hbond substituents is 1. The van der Waals surface area contributed by atoms with Gasteiger partial charge in [-0.1, -0.05) is 282 Å². The molecule has 2 heterocycles. The number of amides is 1. The molecule has 1 amide bonds. The molecule has 2 aromatic heterocycles. The number of aromatic hydroxyl groups is 1. The standard InChI is InChI=1S/C22H31NO.C21H30N2O.C18H26N2O.C17H27NO2.C16H26N2O.C16H25NO2/c1-21(2,3)18-11-9-17(10-12-18)20(23-22(4,5)6)15-16-7-13-19(24)14-8-16;1-20(2,3)18-9-7-17(8-10-18)19(22-21(4,5)6)15-16-11-13-23(24)14-12-16;1-17(2,3)14-9-7-13(8-10-14)16(20-18(4,5)6)15-11-21-12-19-15;1-16(2,3)13-9-7-12(8-10-13)14(11-15(19)20)18-17(4,5)6;1-15(2,3)12-9-7-11(8-10-12)13(14(17)19)18-16(4,5)6;1-15(2,3)12-9-7-11(8-10-12)13(14(18)19)17-16(4,5)6/h7-14,20,23-24H,15H2,1-6H3;7-14,19,22H,15H2,1-6H3;7-12,16,20H,1-6H3;7-10,14,18H,11H2,1-6H3,(H,19,20);7-10,13,18H,1-6H3,(H2,17,19);7-10,13,17H,1-6H3,(H,18,19). The van der Waals surface area contributed by atoms with E-state index in [2.05, 4.69) is 321 Å². The molecule has 0 radical (unpaired) electrons. The number of hydrogen-bond donors (Lipinski definition) is 10. The number of hydrogen-bond acceptors (Lipinski definition) is 13. The van der Waals surface area contributed by atoms with Crippen LogP contribution in [0.3, 0.4) is 0 Å². The normalized spacial score (nSPS) is 14.0. The van der Waals surface area contributed by atoms with Gasteiger partial charge >= 0.3 is 11.9 Å². The van der Waals surface area contributed by atoms with Crippen LogP contribution in [0.1, 0.15) is 376 Å². The summed E-state index contributed by atoms with van der Waals surface area (Å²) < 4.78 is 5.99. The molecule has 17 heteroatoms. The second-order valence-electron chi connectivity index (χ2n) is 46.4. The highest BCUT2D eigenvalue weighted by Crippen LogP contribution is 2.34. The third-order valence-electron chi connectivity index (χ3n) is 20.8. The Bertz CT molecular complexity index is 4540. The zero-order chi connectivity index (χ0) is 96.8. The van der Waals surface area contributed by atoms with Crippen LogP contribution in [0.4, 0.5) is 0 Å². The Balaban J connectivity index is 0.000000320. The van der Waals surface area contributed by atoms with Gasteiger partial charge in [0.25, 0.3) is 0 Å². The summed E-state index contributed by atoms with van der Waals surface area (Å²) in [5.74, 6) is -1.67. The molecule has 0 aliphatic heterocycles. The molecule has 0 bridgehead atoms. The Morgan fingerprint density at radius 3 is 0.866 bits per heavy atom. The Labute approximate surface area is 767 Å². The number of nitrogens with one attached hydrogen (secondary N) is 6. The summed E-state index contributed by atoms with van der Waals surface area (Å²) in [5, 5.41) is 60.0. The van der Waals surface area contributed by atoms with Crippen molar-refractivity contribution < 1.29 is 38.9 Å². The van der Waals surface area contributed by atoms with E-state index >= 15 is 0 Å². The number of nitrogens with two attached hydrogens (primary N) is 1. The summed E-state index contributed by atoms with van der Waals surface area (Å²) in [7, 11) is 0. The molecule has 0 aliphatic carbocycles. The number of phenols is 1. The maximum atomic E-state index is 11.6. The highest BCUT2D eigenvalue weighted by molar-refractivity contribution is 5.81. The van der Waals surface area contributed by atoms with Crippen molar-refractivity contribution in [3.05, 3.63) is 296 Å². The largest absolute Gasteiger partial charge is 0.619 e. The van der Waals surface area contributed by atoms with Gasteiger partial charge in [0.15, 0.2) is 18.8 Å². The summed E-state index contributed by atoms with van der Waals surface area (Å²) in [6, 6.07) is 61.3. The van der Waals surface area contributed by atoms with Crippen molar-refractivity contribution in [2.45, 2.75) is 370 Å². The molecule has 6 atom stereocenters. The molecule has 698 valence electrons. The molecule has 9 rings (SSSR count). The zero-order valence-corrected chi connectivity index (χ0v) is 84.6. The molecule has 6 unspecified atom stereocenters. The van der Waals surface area contributed by atoms with E-state index < -0.39 is 24.0 Å².